The molecule has 4 heteroatoms. The zero-order valence-electron chi connectivity index (χ0n) is 12.5. The van der Waals surface area contributed by atoms with E-state index in [9.17, 15) is 4.79 Å². The van der Waals surface area contributed by atoms with Gasteiger partial charge >= 0.3 is 5.97 Å². The monoisotopic (exact) mass is 289 g/mol. The third-order valence-corrected chi connectivity index (χ3v) is 3.60. The topological polar surface area (TPSA) is 51.5 Å². The summed E-state index contributed by atoms with van der Waals surface area (Å²) in [5, 5.41) is 10.3. The molecule has 1 aromatic heterocycles. The molecule has 0 unspecified atom stereocenters. The number of carbonyl (C=O) groups excluding carboxylic acids is 1. The predicted molar refractivity (Wildman–Crippen MR) is 83.0 cm³/mol. The van der Waals surface area contributed by atoms with Gasteiger partial charge in [-0.05, 0) is 48.9 Å². The zero-order chi connectivity index (χ0) is 15.1. The molecule has 0 saturated carbocycles. The number of carbonyl (C=O) groups is 1. The third-order valence-electron chi connectivity index (χ3n) is 3.60. The standard InChI is InChI=1S/C17H23NO3/c1-2-21-17(20)6-4-3-5-10-18-11-9-15-12-14(13-19)7-8-16(15)18/h7-9,11-12,19H,2-6,10,13H2,1H3. The molecule has 0 aliphatic heterocycles. The van der Waals surface area contributed by atoms with Crippen molar-refractivity contribution in [2.75, 3.05) is 6.61 Å². The first-order valence-corrected chi connectivity index (χ1v) is 7.59. The van der Waals surface area contributed by atoms with E-state index in [-0.39, 0.29) is 12.6 Å². The number of aliphatic hydroxyl groups is 1. The van der Waals surface area contributed by atoms with Crippen molar-refractivity contribution in [3.63, 3.8) is 0 Å². The molecule has 0 saturated heterocycles. The number of benzene rings is 1. The second-order valence-corrected chi connectivity index (χ2v) is 5.18. The third kappa shape index (κ3) is 4.33. The van der Waals surface area contributed by atoms with Crippen LogP contribution in [0, 0.1) is 0 Å². The second-order valence-electron chi connectivity index (χ2n) is 5.18. The van der Waals surface area contributed by atoms with Crippen LogP contribution < -0.4 is 0 Å². The number of fused-ring (bicyclic) bond motifs is 1. The zero-order valence-corrected chi connectivity index (χ0v) is 12.5. The lowest BCUT2D eigenvalue weighted by Gasteiger charge is -2.06. The average molecular weight is 289 g/mol. The molecule has 2 rings (SSSR count). The molecule has 1 aromatic carbocycles. The Labute approximate surface area is 125 Å². The van der Waals surface area contributed by atoms with Crippen LogP contribution in [0.5, 0.6) is 0 Å². The maximum atomic E-state index is 11.2. The first-order valence-electron chi connectivity index (χ1n) is 7.59. The van der Waals surface area contributed by atoms with Gasteiger partial charge in [-0.2, -0.15) is 0 Å². The van der Waals surface area contributed by atoms with Crippen LogP contribution in [0.15, 0.2) is 30.5 Å². The van der Waals surface area contributed by atoms with E-state index < -0.39 is 0 Å². The summed E-state index contributed by atoms with van der Waals surface area (Å²) in [4.78, 5) is 11.2. The molecule has 2 aromatic rings. The number of aliphatic hydroxyl groups excluding tert-OH is 1. The van der Waals surface area contributed by atoms with Gasteiger partial charge < -0.3 is 14.4 Å². The van der Waals surface area contributed by atoms with Gasteiger partial charge in [0.2, 0.25) is 0 Å². The smallest absolute Gasteiger partial charge is 0.305 e. The Morgan fingerprint density at radius 1 is 1.24 bits per heavy atom. The van der Waals surface area contributed by atoms with Gasteiger partial charge in [0.05, 0.1) is 13.2 Å². The number of aromatic nitrogens is 1. The number of unbranched alkanes of at least 4 members (excludes halogenated alkanes) is 2. The second kappa shape index (κ2) is 7.84. The number of hydrogen-bond acceptors (Lipinski definition) is 3. The van der Waals surface area contributed by atoms with Crippen molar-refractivity contribution >= 4 is 16.9 Å². The summed E-state index contributed by atoms with van der Waals surface area (Å²) in [6.07, 6.45) is 5.54. The highest BCUT2D eigenvalue weighted by Crippen LogP contribution is 2.18. The van der Waals surface area contributed by atoms with E-state index in [0.29, 0.717) is 13.0 Å². The molecule has 1 N–H and O–H groups in total. The van der Waals surface area contributed by atoms with Crippen LogP contribution in [-0.2, 0) is 22.7 Å². The van der Waals surface area contributed by atoms with Gasteiger partial charge in [-0.1, -0.05) is 12.5 Å². The quantitative estimate of drug-likeness (QED) is 0.599. The van der Waals surface area contributed by atoms with Crippen LogP contribution in [-0.4, -0.2) is 22.2 Å². The molecule has 21 heavy (non-hydrogen) atoms. The minimum atomic E-state index is -0.0968. The minimum Gasteiger partial charge on any atom is -0.466 e. The van der Waals surface area contributed by atoms with Gasteiger partial charge in [0, 0.05) is 24.7 Å². The Morgan fingerprint density at radius 2 is 2.10 bits per heavy atom. The van der Waals surface area contributed by atoms with Crippen LogP contribution in [0.3, 0.4) is 0 Å². The highest BCUT2D eigenvalue weighted by Gasteiger charge is 2.03. The summed E-state index contributed by atoms with van der Waals surface area (Å²) in [5.74, 6) is -0.0968. The van der Waals surface area contributed by atoms with Gasteiger partial charge in [-0.25, -0.2) is 0 Å². The Kier molecular flexibility index (Phi) is 5.81. The van der Waals surface area contributed by atoms with Crippen molar-refractivity contribution in [1.82, 2.24) is 4.57 Å². The lowest BCUT2D eigenvalue weighted by atomic mass is 10.1. The van der Waals surface area contributed by atoms with Gasteiger partial charge in [0.25, 0.3) is 0 Å². The summed E-state index contributed by atoms with van der Waals surface area (Å²) in [6.45, 7) is 3.32. The number of aryl methyl sites for hydroxylation is 1. The fourth-order valence-corrected chi connectivity index (χ4v) is 2.50. The number of nitrogens with zero attached hydrogens (tertiary/aromatic N) is 1. The normalized spacial score (nSPS) is 11.0. The van der Waals surface area contributed by atoms with Crippen molar-refractivity contribution in [3.05, 3.63) is 36.0 Å². The van der Waals surface area contributed by atoms with Gasteiger partial charge in [-0.15, -0.1) is 0 Å². The Bertz CT molecular complexity index is 589. The Balaban J connectivity index is 1.80. The molecule has 0 atom stereocenters. The fourth-order valence-electron chi connectivity index (χ4n) is 2.50. The SMILES string of the molecule is CCOC(=O)CCCCCn1ccc2cc(CO)ccc21. The van der Waals surface area contributed by atoms with E-state index >= 15 is 0 Å². The summed E-state index contributed by atoms with van der Waals surface area (Å²) < 4.78 is 7.13. The Hall–Kier alpha value is -1.81. The lowest BCUT2D eigenvalue weighted by Crippen LogP contribution is -2.03. The highest BCUT2D eigenvalue weighted by molar-refractivity contribution is 5.80. The number of esters is 1. The van der Waals surface area contributed by atoms with Crippen LogP contribution in [0.1, 0.15) is 38.2 Å². The molecular formula is C17H23NO3. The van der Waals surface area contributed by atoms with Crippen molar-refractivity contribution in [1.29, 1.82) is 0 Å². The summed E-state index contributed by atoms with van der Waals surface area (Å²) in [7, 11) is 0. The van der Waals surface area contributed by atoms with E-state index in [1.54, 1.807) is 0 Å². The van der Waals surface area contributed by atoms with Gasteiger partial charge in [-0.3, -0.25) is 4.79 Å². The van der Waals surface area contributed by atoms with Crippen molar-refractivity contribution in [3.8, 4) is 0 Å². The van der Waals surface area contributed by atoms with Crippen LogP contribution in [0.4, 0.5) is 0 Å². The molecule has 4 nitrogen and oxygen atoms in total. The Morgan fingerprint density at radius 3 is 2.86 bits per heavy atom. The van der Waals surface area contributed by atoms with Crippen molar-refractivity contribution in [2.45, 2.75) is 45.8 Å². The molecule has 0 amide bonds. The molecule has 0 aliphatic rings. The maximum absolute atomic E-state index is 11.2. The summed E-state index contributed by atoms with van der Waals surface area (Å²) in [5.41, 5.74) is 2.13. The minimum absolute atomic E-state index is 0.0784. The van der Waals surface area contributed by atoms with Crippen LogP contribution >= 0.6 is 0 Å². The number of ether oxygens (including phenoxy) is 1. The van der Waals surface area contributed by atoms with E-state index in [1.165, 1.54) is 5.52 Å². The van der Waals surface area contributed by atoms with Gasteiger partial charge in [0.15, 0.2) is 0 Å². The lowest BCUT2D eigenvalue weighted by molar-refractivity contribution is -0.143. The number of rotatable bonds is 8. The molecule has 1 heterocycles. The molecule has 0 radical (unpaired) electrons. The molecule has 114 valence electrons. The molecule has 0 bridgehead atoms. The molecular weight excluding hydrogens is 266 g/mol. The van der Waals surface area contributed by atoms with E-state index in [0.717, 1.165) is 36.8 Å². The molecule has 0 spiro atoms. The van der Waals surface area contributed by atoms with Crippen LogP contribution in [0.2, 0.25) is 0 Å². The summed E-state index contributed by atoms with van der Waals surface area (Å²) >= 11 is 0. The van der Waals surface area contributed by atoms with E-state index in [1.807, 2.05) is 19.1 Å². The average Bonchev–Trinajstić information content (AvgIpc) is 2.89. The van der Waals surface area contributed by atoms with E-state index in [4.69, 9.17) is 9.84 Å². The van der Waals surface area contributed by atoms with Crippen molar-refractivity contribution < 1.29 is 14.6 Å². The summed E-state index contributed by atoms with van der Waals surface area (Å²) in [6, 6.07) is 8.11. The van der Waals surface area contributed by atoms with Gasteiger partial charge in [0.1, 0.15) is 0 Å². The van der Waals surface area contributed by atoms with E-state index in [2.05, 4.69) is 22.9 Å². The highest BCUT2D eigenvalue weighted by atomic mass is 16.5. The van der Waals surface area contributed by atoms with Crippen molar-refractivity contribution in [2.24, 2.45) is 0 Å². The predicted octanol–water partition coefficient (Wildman–Crippen LogP) is 3.26. The molecule has 0 aliphatic carbocycles. The fraction of sp³-hybridized carbons (Fsp3) is 0.471. The first-order chi connectivity index (χ1) is 10.2. The largest absolute Gasteiger partial charge is 0.466 e. The maximum Gasteiger partial charge on any atom is 0.305 e. The molecule has 0 fully saturated rings. The number of hydrogen-bond donors (Lipinski definition) is 1. The first kappa shape index (κ1) is 15.6. The van der Waals surface area contributed by atoms with Crippen LogP contribution in [0.25, 0.3) is 10.9 Å².